The van der Waals surface area contributed by atoms with Crippen molar-refractivity contribution in [2.75, 3.05) is 0 Å². The van der Waals surface area contributed by atoms with Gasteiger partial charge >= 0.3 is 0 Å². The third-order valence-corrected chi connectivity index (χ3v) is 5.71. The van der Waals surface area contributed by atoms with Gasteiger partial charge < -0.3 is 0 Å². The number of hydrogen-bond donors (Lipinski definition) is 0. The SMILES string of the molecule is O=S(=O)(Cl)C1(Cc2ccc(Cl)c(F)c2)CC1. The fourth-order valence-corrected chi connectivity index (χ4v) is 3.34. The molecule has 2 rings (SSSR count). The van der Waals surface area contributed by atoms with Gasteiger partial charge in [0, 0.05) is 10.7 Å². The first kappa shape index (κ1) is 12.1. The number of rotatable bonds is 3. The third-order valence-electron chi connectivity index (χ3n) is 2.84. The zero-order chi connectivity index (χ0) is 12.0. The third kappa shape index (κ3) is 2.19. The zero-order valence-corrected chi connectivity index (χ0v) is 10.5. The highest BCUT2D eigenvalue weighted by Crippen LogP contribution is 2.48. The van der Waals surface area contributed by atoms with Crippen LogP contribution in [0, 0.1) is 5.82 Å². The molecule has 0 amide bonds. The van der Waals surface area contributed by atoms with Crippen LogP contribution in [0.1, 0.15) is 18.4 Å². The summed E-state index contributed by atoms with van der Waals surface area (Å²) in [5.74, 6) is -0.540. The maximum atomic E-state index is 13.2. The van der Waals surface area contributed by atoms with E-state index in [2.05, 4.69) is 0 Å². The molecule has 0 N–H and O–H groups in total. The molecule has 1 aromatic rings. The molecule has 0 spiro atoms. The summed E-state index contributed by atoms with van der Waals surface area (Å²) in [5, 5.41) is 0.0299. The molecule has 16 heavy (non-hydrogen) atoms. The van der Waals surface area contributed by atoms with Crippen LogP contribution in [-0.4, -0.2) is 13.2 Å². The summed E-state index contributed by atoms with van der Waals surface area (Å²) in [6.07, 6.45) is 1.30. The molecule has 1 aliphatic carbocycles. The first-order valence-electron chi connectivity index (χ1n) is 4.72. The summed E-state index contributed by atoms with van der Waals surface area (Å²) in [7, 11) is 1.77. The van der Waals surface area contributed by atoms with Gasteiger partial charge in [-0.05, 0) is 37.0 Å². The molecule has 1 saturated carbocycles. The molecule has 2 nitrogen and oxygen atoms in total. The van der Waals surface area contributed by atoms with Crippen LogP contribution in [0.15, 0.2) is 18.2 Å². The van der Waals surface area contributed by atoms with E-state index in [9.17, 15) is 12.8 Å². The van der Waals surface area contributed by atoms with Crippen LogP contribution in [0.4, 0.5) is 4.39 Å². The predicted octanol–water partition coefficient (Wildman–Crippen LogP) is 3.12. The lowest BCUT2D eigenvalue weighted by atomic mass is 10.1. The molecule has 1 fully saturated rings. The quantitative estimate of drug-likeness (QED) is 0.799. The number of halogens is 3. The number of benzene rings is 1. The van der Waals surface area contributed by atoms with Gasteiger partial charge in [0.1, 0.15) is 5.82 Å². The smallest absolute Gasteiger partial charge is 0.212 e. The minimum absolute atomic E-state index is 0.0299. The van der Waals surface area contributed by atoms with E-state index in [1.54, 1.807) is 6.07 Å². The molecule has 0 unspecified atom stereocenters. The van der Waals surface area contributed by atoms with E-state index in [-0.39, 0.29) is 11.4 Å². The molecule has 0 saturated heterocycles. The van der Waals surface area contributed by atoms with Crippen molar-refractivity contribution in [1.82, 2.24) is 0 Å². The van der Waals surface area contributed by atoms with Crippen molar-refractivity contribution in [3.8, 4) is 0 Å². The second kappa shape index (κ2) is 3.86. The Morgan fingerprint density at radius 2 is 2.00 bits per heavy atom. The van der Waals surface area contributed by atoms with E-state index >= 15 is 0 Å². The summed E-state index contributed by atoms with van der Waals surface area (Å²) in [6, 6.07) is 4.29. The van der Waals surface area contributed by atoms with E-state index < -0.39 is 19.6 Å². The molecule has 1 aromatic carbocycles. The summed E-state index contributed by atoms with van der Waals surface area (Å²) < 4.78 is 34.9. The van der Waals surface area contributed by atoms with Crippen molar-refractivity contribution in [1.29, 1.82) is 0 Å². The summed E-state index contributed by atoms with van der Waals surface area (Å²) in [4.78, 5) is 0. The van der Waals surface area contributed by atoms with Gasteiger partial charge in [-0.2, -0.15) is 0 Å². The lowest BCUT2D eigenvalue weighted by molar-refractivity contribution is 0.588. The van der Waals surface area contributed by atoms with E-state index in [1.807, 2.05) is 0 Å². The first-order valence-corrected chi connectivity index (χ1v) is 7.41. The largest absolute Gasteiger partial charge is 0.238 e. The normalized spacial score (nSPS) is 18.4. The highest BCUT2D eigenvalue weighted by Gasteiger charge is 2.53. The average Bonchev–Trinajstić information content (AvgIpc) is 2.91. The van der Waals surface area contributed by atoms with E-state index in [1.165, 1.54) is 12.1 Å². The molecule has 88 valence electrons. The van der Waals surface area contributed by atoms with Crippen LogP contribution < -0.4 is 0 Å². The summed E-state index contributed by atoms with van der Waals surface area (Å²) >= 11 is 5.54. The Morgan fingerprint density at radius 3 is 2.44 bits per heavy atom. The second-order valence-corrected chi connectivity index (χ2v) is 7.41. The van der Waals surface area contributed by atoms with Crippen LogP contribution in [0.3, 0.4) is 0 Å². The predicted molar refractivity (Wildman–Crippen MR) is 61.9 cm³/mol. The molecule has 1 aliphatic rings. The topological polar surface area (TPSA) is 34.1 Å². The lowest BCUT2D eigenvalue weighted by Gasteiger charge is -2.11. The van der Waals surface area contributed by atoms with Crippen molar-refractivity contribution in [2.45, 2.75) is 24.0 Å². The molecular formula is C10H9Cl2FO2S. The van der Waals surface area contributed by atoms with Crippen LogP contribution in [0.5, 0.6) is 0 Å². The standard InChI is InChI=1S/C10H9Cl2FO2S/c11-8-2-1-7(5-9(8)13)6-10(3-4-10)16(12,14)15/h1-2,5H,3-4,6H2. The Balaban J connectivity index is 2.26. The minimum Gasteiger partial charge on any atom is -0.212 e. The highest BCUT2D eigenvalue weighted by atomic mass is 35.7. The zero-order valence-electron chi connectivity index (χ0n) is 8.21. The maximum absolute atomic E-state index is 13.2. The van der Waals surface area contributed by atoms with E-state index in [4.69, 9.17) is 22.3 Å². The average molecular weight is 283 g/mol. The van der Waals surface area contributed by atoms with Gasteiger partial charge in [0.15, 0.2) is 0 Å². The maximum Gasteiger partial charge on any atom is 0.238 e. The minimum atomic E-state index is -3.60. The lowest BCUT2D eigenvalue weighted by Crippen LogP contribution is -2.20. The van der Waals surface area contributed by atoms with Gasteiger partial charge in [-0.1, -0.05) is 17.7 Å². The summed E-state index contributed by atoms with van der Waals surface area (Å²) in [6.45, 7) is 0. The fraction of sp³-hybridized carbons (Fsp3) is 0.400. The molecule has 6 heteroatoms. The van der Waals surface area contributed by atoms with Crippen molar-refractivity contribution in [3.05, 3.63) is 34.6 Å². The van der Waals surface area contributed by atoms with Crippen LogP contribution in [0.25, 0.3) is 0 Å². The molecule has 0 aromatic heterocycles. The van der Waals surface area contributed by atoms with Crippen molar-refractivity contribution in [3.63, 3.8) is 0 Å². The molecule has 0 radical (unpaired) electrons. The van der Waals surface area contributed by atoms with Gasteiger partial charge in [0.2, 0.25) is 9.05 Å². The monoisotopic (exact) mass is 282 g/mol. The Labute approximate surface area is 103 Å². The highest BCUT2D eigenvalue weighted by molar-refractivity contribution is 8.15. The van der Waals surface area contributed by atoms with E-state index in [0.29, 0.717) is 18.4 Å². The summed E-state index contributed by atoms with van der Waals surface area (Å²) in [5.41, 5.74) is 0.601. The van der Waals surface area contributed by atoms with Gasteiger partial charge in [-0.25, -0.2) is 12.8 Å². The van der Waals surface area contributed by atoms with Crippen molar-refractivity contribution < 1.29 is 12.8 Å². The molecule has 0 atom stereocenters. The Hall–Kier alpha value is -0.320. The second-order valence-electron chi connectivity index (χ2n) is 4.05. The molecule has 0 bridgehead atoms. The van der Waals surface area contributed by atoms with Gasteiger partial charge in [-0.15, -0.1) is 0 Å². The first-order chi connectivity index (χ1) is 7.34. The van der Waals surface area contributed by atoms with Crippen LogP contribution in [-0.2, 0) is 15.5 Å². The van der Waals surface area contributed by atoms with Gasteiger partial charge in [-0.3, -0.25) is 0 Å². The molecular weight excluding hydrogens is 274 g/mol. The Bertz CT molecular complexity index is 524. The van der Waals surface area contributed by atoms with E-state index in [0.717, 1.165) is 0 Å². The molecule has 0 heterocycles. The number of hydrogen-bond acceptors (Lipinski definition) is 2. The van der Waals surface area contributed by atoms with Crippen molar-refractivity contribution in [2.24, 2.45) is 0 Å². The Morgan fingerprint density at radius 1 is 1.38 bits per heavy atom. The van der Waals surface area contributed by atoms with Crippen LogP contribution >= 0.6 is 22.3 Å². The van der Waals surface area contributed by atoms with Gasteiger partial charge in [0.05, 0.1) is 9.77 Å². The Kier molecular flexibility index (Phi) is 2.93. The molecule has 0 aliphatic heterocycles. The van der Waals surface area contributed by atoms with Crippen molar-refractivity contribution >= 4 is 31.3 Å². The van der Waals surface area contributed by atoms with Gasteiger partial charge in [0.25, 0.3) is 0 Å². The fourth-order valence-electron chi connectivity index (χ4n) is 1.67. The van der Waals surface area contributed by atoms with Crippen LogP contribution in [0.2, 0.25) is 5.02 Å².